The summed E-state index contributed by atoms with van der Waals surface area (Å²) in [6.07, 6.45) is 2.45. The molecule has 0 saturated carbocycles. The van der Waals surface area contributed by atoms with Crippen LogP contribution in [-0.2, 0) is 9.59 Å². The van der Waals surface area contributed by atoms with Gasteiger partial charge in [-0.05, 0) is 30.8 Å². The molecule has 2 N–H and O–H groups in total. The molecule has 6 heteroatoms. The zero-order valence-corrected chi connectivity index (χ0v) is 14.1. The Labute approximate surface area is 147 Å². The summed E-state index contributed by atoms with van der Waals surface area (Å²) in [7, 11) is 0. The fourth-order valence-electron chi connectivity index (χ4n) is 3.17. The van der Waals surface area contributed by atoms with Crippen LogP contribution in [0.15, 0.2) is 42.5 Å². The van der Waals surface area contributed by atoms with Crippen molar-refractivity contribution in [2.75, 3.05) is 18.4 Å². The average molecular weight is 349 g/mol. The van der Waals surface area contributed by atoms with Crippen molar-refractivity contribution >= 4 is 40.7 Å². The summed E-state index contributed by atoms with van der Waals surface area (Å²) >= 11 is 0. The van der Waals surface area contributed by atoms with Crippen molar-refractivity contribution in [1.29, 1.82) is 0 Å². The van der Waals surface area contributed by atoms with Crippen molar-refractivity contribution in [1.82, 2.24) is 4.90 Å². The maximum absolute atomic E-state index is 12.3. The van der Waals surface area contributed by atoms with Crippen molar-refractivity contribution < 1.29 is 14.7 Å². The molecule has 0 aromatic heterocycles. The maximum atomic E-state index is 12.3. The van der Waals surface area contributed by atoms with Gasteiger partial charge < -0.3 is 10.4 Å². The summed E-state index contributed by atoms with van der Waals surface area (Å²) in [6, 6.07) is 13.1. The lowest BCUT2D eigenvalue weighted by Crippen LogP contribution is -2.47. The Morgan fingerprint density at radius 3 is 2.67 bits per heavy atom. The third-order valence-electron chi connectivity index (χ3n) is 4.31. The highest BCUT2D eigenvalue weighted by molar-refractivity contribution is 6.02. The van der Waals surface area contributed by atoms with Crippen LogP contribution in [0, 0.1) is 0 Å². The molecule has 0 bridgehead atoms. The number of fused-ring (bicyclic) bond motifs is 1. The number of nitrogens with one attached hydrogen (secondary N) is 1. The van der Waals surface area contributed by atoms with Gasteiger partial charge in [-0.3, -0.25) is 14.5 Å². The zero-order valence-electron chi connectivity index (χ0n) is 13.3. The number of piperidine rings is 1. The van der Waals surface area contributed by atoms with Crippen LogP contribution in [0.2, 0.25) is 0 Å². The number of nitrogens with zero attached hydrogens (tertiary/aromatic N) is 1. The molecule has 1 saturated heterocycles. The molecular weight excluding hydrogens is 328 g/mol. The van der Waals surface area contributed by atoms with E-state index in [0.29, 0.717) is 13.0 Å². The van der Waals surface area contributed by atoms with Crippen molar-refractivity contribution in [2.45, 2.75) is 25.3 Å². The Bertz CT molecular complexity index is 730. The van der Waals surface area contributed by atoms with E-state index in [2.05, 4.69) is 5.32 Å². The first kappa shape index (κ1) is 18.2. The van der Waals surface area contributed by atoms with E-state index in [1.807, 2.05) is 42.5 Å². The number of halogens is 1. The molecule has 1 aliphatic heterocycles. The molecular formula is C18H21ClN2O3. The van der Waals surface area contributed by atoms with E-state index in [4.69, 9.17) is 0 Å². The van der Waals surface area contributed by atoms with Gasteiger partial charge in [-0.25, -0.2) is 0 Å². The van der Waals surface area contributed by atoms with Gasteiger partial charge in [0, 0.05) is 11.1 Å². The van der Waals surface area contributed by atoms with Gasteiger partial charge in [0.2, 0.25) is 5.91 Å². The summed E-state index contributed by atoms with van der Waals surface area (Å²) in [5.41, 5.74) is 0.761. The van der Waals surface area contributed by atoms with Crippen LogP contribution in [0.4, 0.5) is 5.69 Å². The highest BCUT2D eigenvalue weighted by atomic mass is 35.5. The van der Waals surface area contributed by atoms with Crippen molar-refractivity contribution in [3.8, 4) is 0 Å². The largest absolute Gasteiger partial charge is 0.480 e. The number of likely N-dealkylation sites (tertiary alicyclic amines) is 1. The first-order chi connectivity index (χ1) is 11.1. The number of anilines is 1. The minimum Gasteiger partial charge on any atom is -0.480 e. The second-order valence-electron chi connectivity index (χ2n) is 5.90. The van der Waals surface area contributed by atoms with Gasteiger partial charge >= 0.3 is 5.97 Å². The van der Waals surface area contributed by atoms with Crippen LogP contribution in [0.3, 0.4) is 0 Å². The van der Waals surface area contributed by atoms with E-state index in [1.165, 1.54) is 0 Å². The lowest BCUT2D eigenvalue weighted by atomic mass is 10.0. The SMILES string of the molecule is Cl.O=C(CN1CCCCC1C(=O)O)Nc1cccc2ccccc12. The van der Waals surface area contributed by atoms with Gasteiger partial charge in [0.25, 0.3) is 0 Å². The molecule has 128 valence electrons. The molecule has 24 heavy (non-hydrogen) atoms. The summed E-state index contributed by atoms with van der Waals surface area (Å²) in [6.45, 7) is 0.764. The maximum Gasteiger partial charge on any atom is 0.320 e. The number of hydrogen-bond donors (Lipinski definition) is 2. The van der Waals surface area contributed by atoms with E-state index >= 15 is 0 Å². The molecule has 1 atom stereocenters. The normalized spacial score (nSPS) is 17.9. The summed E-state index contributed by atoms with van der Waals surface area (Å²) < 4.78 is 0. The van der Waals surface area contributed by atoms with Crippen LogP contribution in [-0.4, -0.2) is 41.0 Å². The number of amides is 1. The minimum absolute atomic E-state index is 0. The summed E-state index contributed by atoms with van der Waals surface area (Å²) in [4.78, 5) is 25.4. The van der Waals surface area contributed by atoms with Crippen LogP contribution in [0.25, 0.3) is 10.8 Å². The number of carboxylic acid groups (broad SMARTS) is 1. The summed E-state index contributed by atoms with van der Waals surface area (Å²) in [5, 5.41) is 14.2. The van der Waals surface area contributed by atoms with Gasteiger partial charge in [0.1, 0.15) is 6.04 Å². The highest BCUT2D eigenvalue weighted by Gasteiger charge is 2.29. The Morgan fingerprint density at radius 2 is 1.88 bits per heavy atom. The van der Waals surface area contributed by atoms with E-state index in [9.17, 15) is 14.7 Å². The zero-order chi connectivity index (χ0) is 16.2. The topological polar surface area (TPSA) is 69.6 Å². The Kier molecular flexibility index (Phi) is 6.17. The van der Waals surface area contributed by atoms with Crippen LogP contribution in [0.5, 0.6) is 0 Å². The Hall–Kier alpha value is -2.11. The summed E-state index contributed by atoms with van der Waals surface area (Å²) in [5.74, 6) is -1.02. The Morgan fingerprint density at radius 1 is 1.12 bits per heavy atom. The number of benzene rings is 2. The standard InChI is InChI=1S/C18H20N2O3.ClH/c21-17(12-20-11-4-3-10-16(20)18(22)23)19-15-9-5-7-13-6-1-2-8-14(13)15;/h1-2,5-9,16H,3-4,10-12H2,(H,19,21)(H,22,23);1H. The van der Waals surface area contributed by atoms with Crippen molar-refractivity contribution in [2.24, 2.45) is 0 Å². The van der Waals surface area contributed by atoms with Crippen LogP contribution >= 0.6 is 12.4 Å². The Balaban J connectivity index is 0.00000208. The van der Waals surface area contributed by atoms with E-state index in [-0.39, 0.29) is 24.9 Å². The van der Waals surface area contributed by atoms with E-state index in [0.717, 1.165) is 29.3 Å². The number of aliphatic carboxylic acids is 1. The van der Waals surface area contributed by atoms with Gasteiger partial charge in [-0.2, -0.15) is 0 Å². The molecule has 1 heterocycles. The highest BCUT2D eigenvalue weighted by Crippen LogP contribution is 2.23. The third kappa shape index (κ3) is 4.04. The predicted octanol–water partition coefficient (Wildman–Crippen LogP) is 3.14. The minimum atomic E-state index is -0.845. The molecule has 0 spiro atoms. The predicted molar refractivity (Wildman–Crippen MR) is 96.7 cm³/mol. The molecule has 0 aliphatic carbocycles. The second-order valence-corrected chi connectivity index (χ2v) is 5.90. The van der Waals surface area contributed by atoms with Crippen molar-refractivity contribution in [3.63, 3.8) is 0 Å². The number of carbonyl (C=O) groups excluding carboxylic acids is 1. The smallest absolute Gasteiger partial charge is 0.320 e. The monoisotopic (exact) mass is 348 g/mol. The van der Waals surface area contributed by atoms with E-state index < -0.39 is 12.0 Å². The number of carboxylic acids is 1. The molecule has 3 rings (SSSR count). The van der Waals surface area contributed by atoms with Crippen molar-refractivity contribution in [3.05, 3.63) is 42.5 Å². The first-order valence-corrected chi connectivity index (χ1v) is 7.89. The van der Waals surface area contributed by atoms with E-state index in [1.54, 1.807) is 4.90 Å². The first-order valence-electron chi connectivity index (χ1n) is 7.89. The van der Waals surface area contributed by atoms with Gasteiger partial charge in [0.15, 0.2) is 0 Å². The molecule has 0 radical (unpaired) electrons. The molecule has 1 amide bonds. The lowest BCUT2D eigenvalue weighted by Gasteiger charge is -2.32. The van der Waals surface area contributed by atoms with Crippen LogP contribution < -0.4 is 5.32 Å². The molecule has 1 unspecified atom stereocenters. The molecule has 2 aromatic carbocycles. The van der Waals surface area contributed by atoms with Gasteiger partial charge in [-0.15, -0.1) is 12.4 Å². The average Bonchev–Trinajstić information content (AvgIpc) is 2.55. The number of hydrogen-bond acceptors (Lipinski definition) is 3. The molecule has 2 aromatic rings. The lowest BCUT2D eigenvalue weighted by molar-refractivity contribution is -0.145. The fourth-order valence-corrected chi connectivity index (χ4v) is 3.17. The third-order valence-corrected chi connectivity index (χ3v) is 4.31. The number of carbonyl (C=O) groups is 2. The second kappa shape index (κ2) is 8.13. The van der Waals surface area contributed by atoms with Gasteiger partial charge in [0.05, 0.1) is 6.54 Å². The molecule has 1 aliphatic rings. The van der Waals surface area contributed by atoms with Crippen LogP contribution in [0.1, 0.15) is 19.3 Å². The quantitative estimate of drug-likeness (QED) is 0.890. The van der Waals surface area contributed by atoms with Gasteiger partial charge in [-0.1, -0.05) is 42.8 Å². The number of rotatable bonds is 4. The molecule has 5 nitrogen and oxygen atoms in total. The molecule has 1 fully saturated rings. The fraction of sp³-hybridized carbons (Fsp3) is 0.333.